The van der Waals surface area contributed by atoms with Crippen molar-refractivity contribution in [3.05, 3.63) is 23.8 Å². The number of hydrogen-bond acceptors (Lipinski definition) is 3. The Balaban J connectivity index is 2.86. The zero-order chi connectivity index (χ0) is 9.84. The minimum Gasteiger partial charge on any atom is -0.311 e. The summed E-state index contributed by atoms with van der Waals surface area (Å²) in [5.41, 5.74) is 1.98. The van der Waals surface area contributed by atoms with Crippen molar-refractivity contribution in [1.82, 2.24) is 15.3 Å². The van der Waals surface area contributed by atoms with E-state index in [0.29, 0.717) is 12.0 Å². The molecule has 0 aromatic carbocycles. The lowest BCUT2D eigenvalue weighted by atomic mass is 10.0. The predicted molar refractivity (Wildman–Crippen MR) is 53.4 cm³/mol. The summed E-state index contributed by atoms with van der Waals surface area (Å²) < 4.78 is 0. The summed E-state index contributed by atoms with van der Waals surface area (Å²) in [7, 11) is 1.95. The van der Waals surface area contributed by atoms with Crippen molar-refractivity contribution in [2.75, 3.05) is 7.05 Å². The molecule has 1 heterocycles. The zero-order valence-electron chi connectivity index (χ0n) is 8.70. The first-order chi connectivity index (χ1) is 6.15. The zero-order valence-corrected chi connectivity index (χ0v) is 8.70. The molecule has 1 rings (SSSR count). The van der Waals surface area contributed by atoms with E-state index in [-0.39, 0.29) is 0 Å². The molecular formula is C10H17N3. The Bertz CT molecular complexity index is 253. The largest absolute Gasteiger partial charge is 0.311 e. The average Bonchev–Trinajstić information content (AvgIpc) is 2.09. The van der Waals surface area contributed by atoms with E-state index in [2.05, 4.69) is 29.1 Å². The van der Waals surface area contributed by atoms with Crippen LogP contribution in [0, 0.1) is 12.8 Å². The summed E-state index contributed by atoms with van der Waals surface area (Å²) in [6.45, 7) is 6.28. The van der Waals surface area contributed by atoms with Gasteiger partial charge in [-0.05, 0) is 19.9 Å². The van der Waals surface area contributed by atoms with Crippen LogP contribution in [0.15, 0.2) is 12.4 Å². The fourth-order valence-corrected chi connectivity index (χ4v) is 1.39. The number of rotatable bonds is 3. The second-order valence-electron chi connectivity index (χ2n) is 3.59. The van der Waals surface area contributed by atoms with E-state index in [1.54, 1.807) is 0 Å². The van der Waals surface area contributed by atoms with Crippen LogP contribution in [0.25, 0.3) is 0 Å². The van der Waals surface area contributed by atoms with Crippen molar-refractivity contribution in [1.29, 1.82) is 0 Å². The molecule has 0 bridgehead atoms. The molecule has 1 aromatic heterocycles. The number of nitrogens with one attached hydrogen (secondary N) is 1. The molecule has 0 aliphatic heterocycles. The van der Waals surface area contributed by atoms with Gasteiger partial charge >= 0.3 is 0 Å². The molecule has 0 fully saturated rings. The number of nitrogens with zero attached hydrogens (tertiary/aromatic N) is 2. The molecule has 1 N–H and O–H groups in total. The van der Waals surface area contributed by atoms with Crippen LogP contribution < -0.4 is 5.32 Å². The molecular weight excluding hydrogens is 162 g/mol. The van der Waals surface area contributed by atoms with Crippen molar-refractivity contribution in [3.8, 4) is 0 Å². The molecule has 3 heteroatoms. The third-order valence-corrected chi connectivity index (χ3v) is 2.10. The predicted octanol–water partition coefficient (Wildman–Crippen LogP) is 1.70. The minimum atomic E-state index is 0.299. The number of aromatic nitrogens is 2. The lowest BCUT2D eigenvalue weighted by molar-refractivity contribution is 0.432. The maximum atomic E-state index is 4.35. The molecule has 0 aliphatic rings. The van der Waals surface area contributed by atoms with Crippen molar-refractivity contribution < 1.29 is 0 Å². The molecule has 0 saturated carbocycles. The van der Waals surface area contributed by atoms with Gasteiger partial charge in [-0.1, -0.05) is 13.8 Å². The van der Waals surface area contributed by atoms with E-state index < -0.39 is 0 Å². The normalized spacial score (nSPS) is 13.3. The molecule has 0 amide bonds. The van der Waals surface area contributed by atoms with Crippen molar-refractivity contribution in [2.24, 2.45) is 5.92 Å². The van der Waals surface area contributed by atoms with Crippen LogP contribution in [0.3, 0.4) is 0 Å². The summed E-state index contributed by atoms with van der Waals surface area (Å²) in [6.07, 6.45) is 3.65. The Morgan fingerprint density at radius 2 is 1.92 bits per heavy atom. The summed E-state index contributed by atoms with van der Waals surface area (Å²) in [6, 6.07) is 0.299. The Morgan fingerprint density at radius 3 is 2.31 bits per heavy atom. The van der Waals surface area contributed by atoms with Crippen molar-refractivity contribution in [2.45, 2.75) is 26.8 Å². The molecule has 1 atom stereocenters. The summed E-state index contributed by atoms with van der Waals surface area (Å²) in [5, 5.41) is 3.23. The van der Waals surface area contributed by atoms with Crippen LogP contribution in [-0.4, -0.2) is 17.0 Å². The summed E-state index contributed by atoms with van der Waals surface area (Å²) in [5.74, 6) is 0.530. The van der Waals surface area contributed by atoms with Gasteiger partial charge in [-0.3, -0.25) is 9.97 Å². The first-order valence-corrected chi connectivity index (χ1v) is 4.61. The van der Waals surface area contributed by atoms with Crippen LogP contribution in [0.2, 0.25) is 0 Å². The Morgan fingerprint density at radius 1 is 1.23 bits per heavy atom. The Kier molecular flexibility index (Phi) is 3.37. The SMILES string of the molecule is CNC(c1cnc(C)cn1)C(C)C. The van der Waals surface area contributed by atoms with Gasteiger partial charge in [-0.2, -0.15) is 0 Å². The fourth-order valence-electron chi connectivity index (χ4n) is 1.39. The monoisotopic (exact) mass is 179 g/mol. The van der Waals surface area contributed by atoms with E-state index >= 15 is 0 Å². The molecule has 1 aromatic rings. The topological polar surface area (TPSA) is 37.8 Å². The quantitative estimate of drug-likeness (QED) is 0.767. The van der Waals surface area contributed by atoms with E-state index in [9.17, 15) is 0 Å². The molecule has 72 valence electrons. The van der Waals surface area contributed by atoms with Crippen LogP contribution in [0.5, 0.6) is 0 Å². The van der Waals surface area contributed by atoms with Gasteiger partial charge in [0.2, 0.25) is 0 Å². The minimum absolute atomic E-state index is 0.299. The van der Waals surface area contributed by atoms with Crippen LogP contribution in [0.1, 0.15) is 31.3 Å². The first-order valence-electron chi connectivity index (χ1n) is 4.61. The van der Waals surface area contributed by atoms with Crippen LogP contribution in [0.4, 0.5) is 0 Å². The summed E-state index contributed by atoms with van der Waals surface area (Å²) >= 11 is 0. The van der Waals surface area contributed by atoms with E-state index in [4.69, 9.17) is 0 Å². The smallest absolute Gasteiger partial charge is 0.0758 e. The van der Waals surface area contributed by atoms with E-state index in [1.165, 1.54) is 0 Å². The van der Waals surface area contributed by atoms with Gasteiger partial charge in [-0.25, -0.2) is 0 Å². The molecule has 0 spiro atoms. The second-order valence-corrected chi connectivity index (χ2v) is 3.59. The highest BCUT2D eigenvalue weighted by Crippen LogP contribution is 2.17. The third-order valence-electron chi connectivity index (χ3n) is 2.10. The maximum Gasteiger partial charge on any atom is 0.0758 e. The van der Waals surface area contributed by atoms with E-state index in [0.717, 1.165) is 11.4 Å². The molecule has 0 saturated heterocycles. The third kappa shape index (κ3) is 2.49. The highest BCUT2D eigenvalue weighted by atomic mass is 14.9. The van der Waals surface area contributed by atoms with Crippen molar-refractivity contribution >= 4 is 0 Å². The number of hydrogen-bond donors (Lipinski definition) is 1. The van der Waals surface area contributed by atoms with Gasteiger partial charge in [0, 0.05) is 6.20 Å². The van der Waals surface area contributed by atoms with Crippen LogP contribution >= 0.6 is 0 Å². The van der Waals surface area contributed by atoms with E-state index in [1.807, 2.05) is 26.4 Å². The second kappa shape index (κ2) is 4.33. The molecule has 1 unspecified atom stereocenters. The lowest BCUT2D eigenvalue weighted by Gasteiger charge is -2.18. The van der Waals surface area contributed by atoms with Gasteiger partial charge < -0.3 is 5.32 Å². The highest BCUT2D eigenvalue weighted by molar-refractivity contribution is 5.06. The van der Waals surface area contributed by atoms with Crippen LogP contribution in [-0.2, 0) is 0 Å². The Hall–Kier alpha value is -0.960. The van der Waals surface area contributed by atoms with Crippen molar-refractivity contribution in [3.63, 3.8) is 0 Å². The maximum absolute atomic E-state index is 4.35. The van der Waals surface area contributed by atoms with Gasteiger partial charge in [0.05, 0.1) is 23.6 Å². The van der Waals surface area contributed by atoms with Gasteiger partial charge in [0.15, 0.2) is 0 Å². The highest BCUT2D eigenvalue weighted by Gasteiger charge is 2.14. The number of aryl methyl sites for hydroxylation is 1. The molecule has 13 heavy (non-hydrogen) atoms. The fraction of sp³-hybridized carbons (Fsp3) is 0.600. The molecule has 3 nitrogen and oxygen atoms in total. The standard InChI is InChI=1S/C10H17N3/c1-7(2)10(11-4)9-6-12-8(3)5-13-9/h5-7,10-11H,1-4H3. The molecule has 0 radical (unpaired) electrons. The first kappa shape index (κ1) is 10.1. The molecule has 0 aliphatic carbocycles. The van der Waals surface area contributed by atoms with Gasteiger partial charge in [0.25, 0.3) is 0 Å². The average molecular weight is 179 g/mol. The van der Waals surface area contributed by atoms with Gasteiger partial charge in [0.1, 0.15) is 0 Å². The Labute approximate surface area is 79.6 Å². The summed E-state index contributed by atoms with van der Waals surface area (Å²) in [4.78, 5) is 8.57. The van der Waals surface area contributed by atoms with Gasteiger partial charge in [-0.15, -0.1) is 0 Å². The lowest BCUT2D eigenvalue weighted by Crippen LogP contribution is -2.22.